The second kappa shape index (κ2) is 57.7. The van der Waals surface area contributed by atoms with Gasteiger partial charge >= 0.3 is 5.97 Å². The molecule has 0 saturated heterocycles. The molecule has 2 atom stereocenters. The predicted molar refractivity (Wildman–Crippen MR) is 296 cm³/mol. The molecular weight excluding hydrogens is 839 g/mol. The minimum Gasteiger partial charge on any atom is -0.466 e. The normalized spacial score (nSPS) is 12.8. The van der Waals surface area contributed by atoms with E-state index in [2.05, 4.69) is 55.6 Å². The fourth-order valence-corrected chi connectivity index (χ4v) is 9.27. The first-order valence-corrected chi connectivity index (χ1v) is 30.3. The van der Waals surface area contributed by atoms with E-state index >= 15 is 0 Å². The molecule has 1 amide bonds. The number of unbranched alkanes of at least 4 members (excludes halogenated alkanes) is 40. The Balaban J connectivity index is 3.48. The molecule has 0 aromatic heterocycles. The van der Waals surface area contributed by atoms with Crippen LogP contribution in [0.25, 0.3) is 0 Å². The van der Waals surface area contributed by atoms with Crippen LogP contribution in [0.2, 0.25) is 0 Å². The lowest BCUT2D eigenvalue weighted by atomic mass is 10.0. The summed E-state index contributed by atoms with van der Waals surface area (Å²) in [6.07, 6.45) is 71.4. The molecule has 3 N–H and O–H groups in total. The van der Waals surface area contributed by atoms with Gasteiger partial charge in [-0.15, -0.1) is 0 Å². The van der Waals surface area contributed by atoms with Crippen LogP contribution in [-0.2, 0) is 14.3 Å². The molecule has 400 valence electrons. The number of aliphatic hydroxyl groups is 2. The van der Waals surface area contributed by atoms with Gasteiger partial charge in [0.2, 0.25) is 5.91 Å². The number of allylic oxidation sites excluding steroid dienone is 6. The van der Waals surface area contributed by atoms with Crippen molar-refractivity contribution in [1.82, 2.24) is 5.32 Å². The number of rotatable bonds is 56. The molecule has 0 spiro atoms. The van der Waals surface area contributed by atoms with E-state index in [9.17, 15) is 19.8 Å². The van der Waals surface area contributed by atoms with Gasteiger partial charge in [0, 0.05) is 12.8 Å². The maximum atomic E-state index is 12.5. The minimum absolute atomic E-state index is 0.0233. The van der Waals surface area contributed by atoms with Crippen LogP contribution in [-0.4, -0.2) is 47.4 Å². The fraction of sp³-hybridized carbons (Fsp3) is 0.871. The summed E-state index contributed by atoms with van der Waals surface area (Å²) in [6.45, 7) is 4.90. The molecule has 0 aliphatic carbocycles. The molecule has 0 aliphatic rings. The quantitative estimate of drug-likeness (QED) is 0.0244. The Morgan fingerprint density at radius 3 is 1.16 bits per heavy atom. The maximum absolute atomic E-state index is 12.5. The average molecular weight is 957 g/mol. The van der Waals surface area contributed by atoms with Crippen LogP contribution in [0.15, 0.2) is 36.5 Å². The Bertz CT molecular complexity index is 1100. The van der Waals surface area contributed by atoms with Crippen LogP contribution in [0, 0.1) is 0 Å². The van der Waals surface area contributed by atoms with Gasteiger partial charge in [0.1, 0.15) is 0 Å². The minimum atomic E-state index is -0.672. The highest BCUT2D eigenvalue weighted by molar-refractivity contribution is 5.76. The van der Waals surface area contributed by atoms with E-state index in [-0.39, 0.29) is 18.5 Å². The number of ether oxygens (including phenoxy) is 1. The van der Waals surface area contributed by atoms with Gasteiger partial charge in [-0.05, 0) is 83.5 Å². The number of aliphatic hydroxyl groups excluding tert-OH is 2. The molecular formula is C62H117NO5. The molecule has 6 heteroatoms. The lowest BCUT2D eigenvalue weighted by Crippen LogP contribution is -2.45. The number of amides is 1. The summed E-state index contributed by atoms with van der Waals surface area (Å²) < 4.78 is 5.43. The van der Waals surface area contributed by atoms with Gasteiger partial charge in [0.05, 0.1) is 25.4 Å². The van der Waals surface area contributed by atoms with Crippen LogP contribution >= 0.6 is 0 Å². The number of hydrogen-bond donors (Lipinski definition) is 3. The summed E-state index contributed by atoms with van der Waals surface area (Å²) in [6, 6.07) is -0.550. The molecule has 0 rings (SSSR count). The van der Waals surface area contributed by atoms with Crippen molar-refractivity contribution in [2.24, 2.45) is 0 Å². The summed E-state index contributed by atoms with van der Waals surface area (Å²) in [4.78, 5) is 24.5. The van der Waals surface area contributed by atoms with Gasteiger partial charge < -0.3 is 20.3 Å². The predicted octanol–water partition coefficient (Wildman–Crippen LogP) is 18.8. The lowest BCUT2D eigenvalue weighted by Gasteiger charge is -2.22. The first-order chi connectivity index (χ1) is 33.5. The molecule has 2 unspecified atom stereocenters. The summed E-state index contributed by atoms with van der Waals surface area (Å²) in [5.41, 5.74) is 0. The van der Waals surface area contributed by atoms with Crippen molar-refractivity contribution in [2.75, 3.05) is 13.2 Å². The summed E-state index contributed by atoms with van der Waals surface area (Å²) in [5, 5.41) is 23.3. The van der Waals surface area contributed by atoms with Crippen molar-refractivity contribution in [3.63, 3.8) is 0 Å². The molecule has 0 bridgehead atoms. The highest BCUT2D eigenvalue weighted by Gasteiger charge is 2.20. The monoisotopic (exact) mass is 956 g/mol. The highest BCUT2D eigenvalue weighted by Crippen LogP contribution is 2.17. The van der Waals surface area contributed by atoms with Crippen LogP contribution in [0.4, 0.5) is 0 Å². The zero-order valence-corrected chi connectivity index (χ0v) is 45.6. The van der Waals surface area contributed by atoms with Crippen LogP contribution in [0.5, 0.6) is 0 Å². The number of esters is 1. The van der Waals surface area contributed by atoms with E-state index < -0.39 is 12.1 Å². The van der Waals surface area contributed by atoms with Crippen molar-refractivity contribution in [3.05, 3.63) is 36.5 Å². The summed E-state index contributed by atoms with van der Waals surface area (Å²) in [7, 11) is 0. The maximum Gasteiger partial charge on any atom is 0.305 e. The summed E-state index contributed by atoms with van der Waals surface area (Å²) in [5.74, 6) is -0.0660. The third kappa shape index (κ3) is 53.4. The molecule has 0 saturated carbocycles. The Morgan fingerprint density at radius 1 is 0.412 bits per heavy atom. The molecule has 6 nitrogen and oxygen atoms in total. The second-order valence-corrected chi connectivity index (χ2v) is 20.7. The van der Waals surface area contributed by atoms with Gasteiger partial charge in [-0.2, -0.15) is 0 Å². The molecule has 0 aliphatic heterocycles. The van der Waals surface area contributed by atoms with Crippen molar-refractivity contribution < 1.29 is 24.5 Å². The highest BCUT2D eigenvalue weighted by atomic mass is 16.5. The first-order valence-electron chi connectivity index (χ1n) is 30.3. The van der Waals surface area contributed by atoms with Gasteiger partial charge in [-0.25, -0.2) is 0 Å². The van der Waals surface area contributed by atoms with Crippen LogP contribution < -0.4 is 5.32 Å². The van der Waals surface area contributed by atoms with E-state index in [1.54, 1.807) is 0 Å². The van der Waals surface area contributed by atoms with Crippen LogP contribution in [0.3, 0.4) is 0 Å². The third-order valence-electron chi connectivity index (χ3n) is 13.9. The van der Waals surface area contributed by atoms with Crippen molar-refractivity contribution in [1.29, 1.82) is 0 Å². The fourth-order valence-electron chi connectivity index (χ4n) is 9.27. The van der Waals surface area contributed by atoms with E-state index in [1.165, 1.54) is 218 Å². The zero-order valence-electron chi connectivity index (χ0n) is 45.6. The molecule has 0 aromatic carbocycles. The molecule has 68 heavy (non-hydrogen) atoms. The largest absolute Gasteiger partial charge is 0.466 e. The molecule has 0 fully saturated rings. The number of hydrogen-bond acceptors (Lipinski definition) is 5. The van der Waals surface area contributed by atoms with Crippen molar-refractivity contribution in [2.45, 2.75) is 334 Å². The molecule has 0 heterocycles. The van der Waals surface area contributed by atoms with Gasteiger partial charge in [-0.3, -0.25) is 9.59 Å². The Labute approximate surface area is 424 Å². The topological polar surface area (TPSA) is 95.9 Å². The van der Waals surface area contributed by atoms with E-state index in [0.717, 1.165) is 70.6 Å². The summed E-state index contributed by atoms with van der Waals surface area (Å²) >= 11 is 0. The Morgan fingerprint density at radius 2 is 0.735 bits per heavy atom. The molecule has 0 radical (unpaired) electrons. The molecule has 0 aromatic rings. The van der Waals surface area contributed by atoms with Gasteiger partial charge in [0.25, 0.3) is 0 Å². The first kappa shape index (κ1) is 66.1. The standard InChI is InChI=1S/C62H117NO5/c1-3-5-7-9-11-13-15-17-18-19-20-22-25-28-31-34-38-42-46-50-54-60(65)59(58-64)63-61(66)55-51-47-43-39-35-32-29-26-23-21-24-27-30-33-37-41-45-49-53-57-68-62(67)56-52-48-44-40-36-16-14-12-10-8-6-4-2/h12,14,27,30,33,37,59-60,64-65H,3-11,13,15-26,28-29,31-32,34-36,38-58H2,1-2H3,(H,63,66)/b14-12-,30-27-,37-33-. The van der Waals surface area contributed by atoms with Gasteiger partial charge in [0.15, 0.2) is 0 Å². The Hall–Kier alpha value is -1.92. The zero-order chi connectivity index (χ0) is 49.3. The van der Waals surface area contributed by atoms with E-state index in [4.69, 9.17) is 4.74 Å². The third-order valence-corrected chi connectivity index (χ3v) is 13.9. The van der Waals surface area contributed by atoms with E-state index in [1.807, 2.05) is 0 Å². The van der Waals surface area contributed by atoms with Crippen molar-refractivity contribution in [3.8, 4) is 0 Å². The number of carbonyl (C=O) groups excluding carboxylic acids is 2. The Kier molecular flexibility index (Phi) is 56.0. The average Bonchev–Trinajstić information content (AvgIpc) is 3.34. The smallest absolute Gasteiger partial charge is 0.305 e. The number of carbonyl (C=O) groups is 2. The van der Waals surface area contributed by atoms with Crippen molar-refractivity contribution >= 4 is 11.9 Å². The van der Waals surface area contributed by atoms with E-state index in [0.29, 0.717) is 25.9 Å². The lowest BCUT2D eigenvalue weighted by molar-refractivity contribution is -0.143. The van der Waals surface area contributed by atoms with Gasteiger partial charge in [-0.1, -0.05) is 262 Å². The SMILES string of the molecule is CCCCC/C=C\CCCCCCCC(=O)OCCCCC/C=C\C=C/CCCCCCCCCCCCC(=O)NC(CO)C(O)CCCCCCCCCCCCCCCCCCCCCC. The number of nitrogens with one attached hydrogen (secondary N) is 1. The second-order valence-electron chi connectivity index (χ2n) is 20.7. The van der Waals surface area contributed by atoms with Crippen LogP contribution in [0.1, 0.15) is 322 Å².